The van der Waals surface area contributed by atoms with Gasteiger partial charge in [-0.05, 0) is 48.5 Å². The third kappa shape index (κ3) is 4.45. The first kappa shape index (κ1) is 24.0. The maximum Gasteiger partial charge on any atom is 0.246 e. The van der Waals surface area contributed by atoms with Crippen LogP contribution in [-0.2, 0) is 10.0 Å². The Bertz CT molecular complexity index is 1530. The number of anilines is 1. The van der Waals surface area contributed by atoms with Gasteiger partial charge in [0.05, 0.1) is 5.69 Å². The van der Waals surface area contributed by atoms with Gasteiger partial charge in [0.2, 0.25) is 10.0 Å². The highest BCUT2D eigenvalue weighted by Gasteiger charge is 2.31. The van der Waals surface area contributed by atoms with E-state index in [4.69, 9.17) is 7.85 Å². The summed E-state index contributed by atoms with van der Waals surface area (Å²) in [6, 6.07) is 12.2. The Kier molecular flexibility index (Phi) is 6.23. The predicted octanol–water partition coefficient (Wildman–Crippen LogP) is 1.82. The molecule has 0 amide bonds. The molecule has 0 saturated carbocycles. The molecular formula is C24H24BN5O5S. The van der Waals surface area contributed by atoms with Gasteiger partial charge in [-0.25, -0.2) is 13.4 Å². The van der Waals surface area contributed by atoms with Gasteiger partial charge in [0, 0.05) is 43.5 Å². The summed E-state index contributed by atoms with van der Waals surface area (Å²) in [7, 11) is 2.19. The third-order valence-corrected chi connectivity index (χ3v) is 8.33. The van der Waals surface area contributed by atoms with E-state index in [1.54, 1.807) is 28.8 Å². The van der Waals surface area contributed by atoms with Crippen LogP contribution < -0.4 is 10.8 Å². The number of benzene rings is 2. The second-order valence-electron chi connectivity index (χ2n) is 8.76. The van der Waals surface area contributed by atoms with E-state index in [2.05, 4.69) is 15.4 Å². The molecule has 0 spiro atoms. The van der Waals surface area contributed by atoms with Crippen molar-refractivity contribution in [2.45, 2.75) is 17.7 Å². The SMILES string of the molecule is [B]c1cnn2c(NCC3CCN(S(=O)(=O)c4ccc(O)cc4O)CC3)cc(-c3ccccc3O)nc12. The van der Waals surface area contributed by atoms with Crippen LogP contribution in [0.4, 0.5) is 5.82 Å². The Morgan fingerprint density at radius 1 is 1.03 bits per heavy atom. The lowest BCUT2D eigenvalue weighted by atomic mass is 9.98. The molecule has 0 atom stereocenters. The summed E-state index contributed by atoms with van der Waals surface area (Å²) in [6.45, 7) is 1.18. The fourth-order valence-electron chi connectivity index (χ4n) is 4.40. The molecule has 2 aromatic heterocycles. The normalized spacial score (nSPS) is 15.3. The number of aromatic nitrogens is 3. The maximum absolute atomic E-state index is 13.0. The number of phenolic OH excluding ortho intramolecular Hbond substituents is 3. The van der Waals surface area contributed by atoms with Crippen LogP contribution in [0, 0.1) is 5.92 Å². The molecule has 0 bridgehead atoms. The number of sulfonamides is 1. The van der Waals surface area contributed by atoms with Gasteiger partial charge >= 0.3 is 0 Å². The van der Waals surface area contributed by atoms with Crippen molar-refractivity contribution in [2.75, 3.05) is 25.0 Å². The zero-order valence-electron chi connectivity index (χ0n) is 19.2. The highest BCUT2D eigenvalue weighted by atomic mass is 32.2. The molecule has 5 rings (SSSR count). The van der Waals surface area contributed by atoms with E-state index >= 15 is 0 Å². The van der Waals surface area contributed by atoms with Crippen molar-refractivity contribution in [3.63, 3.8) is 0 Å². The minimum atomic E-state index is -3.87. The molecule has 184 valence electrons. The molecular weight excluding hydrogens is 481 g/mol. The number of phenols is 3. The van der Waals surface area contributed by atoms with Crippen LogP contribution in [0.3, 0.4) is 0 Å². The summed E-state index contributed by atoms with van der Waals surface area (Å²) in [5.41, 5.74) is 1.99. The molecule has 1 aliphatic rings. The average Bonchev–Trinajstić information content (AvgIpc) is 3.23. The van der Waals surface area contributed by atoms with E-state index < -0.39 is 15.8 Å². The average molecular weight is 505 g/mol. The molecule has 4 N–H and O–H groups in total. The van der Waals surface area contributed by atoms with Gasteiger partial charge in [-0.3, -0.25) is 0 Å². The Morgan fingerprint density at radius 2 is 1.78 bits per heavy atom. The molecule has 0 aliphatic carbocycles. The molecule has 1 fully saturated rings. The molecule has 10 nitrogen and oxygen atoms in total. The van der Waals surface area contributed by atoms with E-state index in [1.807, 2.05) is 6.07 Å². The zero-order chi connectivity index (χ0) is 25.4. The van der Waals surface area contributed by atoms with E-state index in [-0.39, 0.29) is 22.3 Å². The summed E-state index contributed by atoms with van der Waals surface area (Å²) in [5, 5.41) is 37.5. The smallest absolute Gasteiger partial charge is 0.246 e. The van der Waals surface area contributed by atoms with Crippen LogP contribution in [0.15, 0.2) is 59.6 Å². The Morgan fingerprint density at radius 3 is 2.50 bits per heavy atom. The fourth-order valence-corrected chi connectivity index (χ4v) is 5.93. The molecule has 3 heterocycles. The quantitative estimate of drug-likeness (QED) is 0.291. The Hall–Kier alpha value is -3.77. The highest BCUT2D eigenvalue weighted by Crippen LogP contribution is 2.32. The number of nitrogens with zero attached hydrogens (tertiary/aromatic N) is 4. The minimum absolute atomic E-state index is 0.103. The van der Waals surface area contributed by atoms with Crippen LogP contribution in [-0.4, -0.2) is 70.1 Å². The monoisotopic (exact) mass is 505 g/mol. The molecule has 2 radical (unpaired) electrons. The van der Waals surface area contributed by atoms with Crippen molar-refractivity contribution in [1.82, 2.24) is 18.9 Å². The molecule has 0 unspecified atom stereocenters. The number of rotatable bonds is 6. The van der Waals surface area contributed by atoms with E-state index in [0.717, 1.165) is 6.07 Å². The van der Waals surface area contributed by atoms with Crippen LogP contribution >= 0.6 is 0 Å². The Labute approximate surface area is 209 Å². The second-order valence-corrected chi connectivity index (χ2v) is 10.7. The summed E-state index contributed by atoms with van der Waals surface area (Å²) >= 11 is 0. The highest BCUT2D eigenvalue weighted by molar-refractivity contribution is 7.89. The van der Waals surface area contributed by atoms with Crippen molar-refractivity contribution in [2.24, 2.45) is 5.92 Å². The van der Waals surface area contributed by atoms with Crippen LogP contribution in [0.25, 0.3) is 16.9 Å². The molecule has 1 aliphatic heterocycles. The van der Waals surface area contributed by atoms with E-state index in [1.165, 1.54) is 22.6 Å². The van der Waals surface area contributed by atoms with Gasteiger partial charge in [0.15, 0.2) is 5.65 Å². The van der Waals surface area contributed by atoms with Gasteiger partial charge in [-0.1, -0.05) is 12.1 Å². The molecule has 36 heavy (non-hydrogen) atoms. The minimum Gasteiger partial charge on any atom is -0.508 e. The predicted molar refractivity (Wildman–Crippen MR) is 135 cm³/mol. The van der Waals surface area contributed by atoms with Crippen molar-refractivity contribution >= 4 is 34.8 Å². The van der Waals surface area contributed by atoms with Gasteiger partial charge in [0.1, 0.15) is 35.8 Å². The largest absolute Gasteiger partial charge is 0.508 e. The lowest BCUT2D eigenvalue weighted by Crippen LogP contribution is -2.39. The van der Waals surface area contributed by atoms with Gasteiger partial charge < -0.3 is 20.6 Å². The van der Waals surface area contributed by atoms with Crippen LogP contribution in [0.2, 0.25) is 0 Å². The number of hydrogen-bond acceptors (Lipinski definition) is 8. The summed E-state index contributed by atoms with van der Waals surface area (Å²) < 4.78 is 28.9. The van der Waals surface area contributed by atoms with Crippen LogP contribution in [0.1, 0.15) is 12.8 Å². The second kappa shape index (κ2) is 9.36. The first-order valence-corrected chi connectivity index (χ1v) is 12.9. The van der Waals surface area contributed by atoms with E-state index in [0.29, 0.717) is 60.7 Å². The number of para-hydroxylation sites is 1. The number of fused-ring (bicyclic) bond motifs is 1. The molecule has 4 aromatic rings. The zero-order valence-corrected chi connectivity index (χ0v) is 20.1. The molecule has 12 heteroatoms. The topological polar surface area (TPSA) is 140 Å². The summed E-state index contributed by atoms with van der Waals surface area (Å²) in [4.78, 5) is 4.35. The maximum atomic E-state index is 13.0. The van der Waals surface area contributed by atoms with Gasteiger partial charge in [-0.2, -0.15) is 13.9 Å². The number of hydrogen-bond donors (Lipinski definition) is 4. The van der Waals surface area contributed by atoms with Gasteiger partial charge in [0.25, 0.3) is 0 Å². The first-order valence-electron chi connectivity index (χ1n) is 11.4. The summed E-state index contributed by atoms with van der Waals surface area (Å²) in [5.74, 6) is 0.269. The lowest BCUT2D eigenvalue weighted by Gasteiger charge is -2.31. The number of nitrogens with one attached hydrogen (secondary N) is 1. The Balaban J connectivity index is 1.30. The van der Waals surface area contributed by atoms with Crippen molar-refractivity contribution in [3.05, 3.63) is 54.7 Å². The molecule has 2 aromatic carbocycles. The van der Waals surface area contributed by atoms with Crippen LogP contribution in [0.5, 0.6) is 17.2 Å². The van der Waals surface area contributed by atoms with Gasteiger partial charge in [-0.15, -0.1) is 0 Å². The standard InChI is InChI=1S/C24H24BN5O5S/c25-18-14-27-30-23(12-19(28-24(18)30)17-3-1-2-4-20(17)32)26-13-15-7-9-29(10-8-15)36(34,35)22-6-5-16(31)11-21(22)33/h1-6,11-12,14-15,26,31-33H,7-10,13H2. The van der Waals surface area contributed by atoms with Crippen molar-refractivity contribution in [3.8, 4) is 28.5 Å². The number of aromatic hydroxyl groups is 3. The lowest BCUT2D eigenvalue weighted by molar-refractivity contribution is 0.281. The third-order valence-electron chi connectivity index (χ3n) is 6.38. The van der Waals surface area contributed by atoms with Crippen molar-refractivity contribution < 1.29 is 23.7 Å². The number of piperidine rings is 1. The van der Waals surface area contributed by atoms with E-state index in [9.17, 15) is 23.7 Å². The fraction of sp³-hybridized carbons (Fsp3) is 0.250. The first-order chi connectivity index (χ1) is 17.2. The molecule has 1 saturated heterocycles. The summed E-state index contributed by atoms with van der Waals surface area (Å²) in [6.07, 6.45) is 2.75. The van der Waals surface area contributed by atoms with Crippen molar-refractivity contribution in [1.29, 1.82) is 0 Å².